The van der Waals surface area contributed by atoms with E-state index in [0.29, 0.717) is 6.54 Å². The molecule has 3 aromatic rings. The Labute approximate surface area is 166 Å². The molecule has 1 atom stereocenters. The third kappa shape index (κ3) is 3.20. The molecular weight excluding hydrogens is 408 g/mol. The number of likely N-dealkylation sites (tertiary alicyclic amines) is 1. The Bertz CT molecular complexity index is 954. The summed E-state index contributed by atoms with van der Waals surface area (Å²) in [5.41, 5.74) is 1.99. The molecular formula is C21H21BrN2OS. The third-order valence-electron chi connectivity index (χ3n) is 5.38. The van der Waals surface area contributed by atoms with Crippen LogP contribution in [0.1, 0.15) is 24.5 Å². The number of thiophene rings is 1. The number of halogens is 1. The van der Waals surface area contributed by atoms with Crippen molar-refractivity contribution in [3.63, 3.8) is 0 Å². The third-order valence-corrected chi connectivity index (χ3v) is 7.16. The summed E-state index contributed by atoms with van der Waals surface area (Å²) in [5, 5.41) is 6.65. The van der Waals surface area contributed by atoms with E-state index in [1.807, 2.05) is 24.3 Å². The maximum Gasteiger partial charge on any atom is 0.240 e. The molecule has 2 heterocycles. The van der Waals surface area contributed by atoms with Crippen LogP contribution in [-0.2, 0) is 17.9 Å². The first-order chi connectivity index (χ1) is 12.6. The van der Waals surface area contributed by atoms with E-state index < -0.39 is 5.54 Å². The second kappa shape index (κ2) is 7.14. The van der Waals surface area contributed by atoms with Gasteiger partial charge in [-0.15, -0.1) is 11.3 Å². The van der Waals surface area contributed by atoms with Crippen LogP contribution in [0, 0.1) is 0 Å². The fourth-order valence-corrected chi connectivity index (χ4v) is 4.86. The second-order valence-corrected chi connectivity index (χ2v) is 8.74. The van der Waals surface area contributed by atoms with Gasteiger partial charge in [-0.3, -0.25) is 9.69 Å². The monoisotopic (exact) mass is 428 g/mol. The van der Waals surface area contributed by atoms with Gasteiger partial charge >= 0.3 is 0 Å². The van der Waals surface area contributed by atoms with E-state index in [9.17, 15) is 4.79 Å². The number of carbonyl (C=O) groups is 1. The number of fused-ring (bicyclic) bond motifs is 1. The van der Waals surface area contributed by atoms with Crippen LogP contribution in [0.3, 0.4) is 0 Å². The molecule has 1 fully saturated rings. The van der Waals surface area contributed by atoms with Crippen molar-refractivity contribution >= 4 is 43.3 Å². The molecule has 1 amide bonds. The van der Waals surface area contributed by atoms with Crippen molar-refractivity contribution in [2.45, 2.75) is 32.0 Å². The van der Waals surface area contributed by atoms with Crippen molar-refractivity contribution in [2.24, 2.45) is 0 Å². The van der Waals surface area contributed by atoms with Crippen LogP contribution in [0.25, 0.3) is 10.1 Å². The molecule has 1 aliphatic heterocycles. The number of hydrogen-bond donors (Lipinski definition) is 1. The molecule has 4 rings (SSSR count). The minimum Gasteiger partial charge on any atom is -0.350 e. The first kappa shape index (κ1) is 17.7. The van der Waals surface area contributed by atoms with Crippen LogP contribution in [0.4, 0.5) is 0 Å². The van der Waals surface area contributed by atoms with Crippen LogP contribution in [-0.4, -0.2) is 22.9 Å². The molecule has 1 unspecified atom stereocenters. The molecule has 0 aliphatic carbocycles. The summed E-state index contributed by atoms with van der Waals surface area (Å²) >= 11 is 5.32. The predicted molar refractivity (Wildman–Crippen MR) is 111 cm³/mol. The number of hydrogen-bond acceptors (Lipinski definition) is 3. The molecule has 0 bridgehead atoms. The Hall–Kier alpha value is -1.69. The SMILES string of the molecule is CC1(C(=O)NCc2ccccc2Br)CCN1Cc1csc2ccccc12. The van der Waals surface area contributed by atoms with Crippen LogP contribution in [0.2, 0.25) is 0 Å². The quantitative estimate of drug-likeness (QED) is 0.623. The Kier molecular flexibility index (Phi) is 4.86. The van der Waals surface area contributed by atoms with Gasteiger partial charge in [-0.1, -0.05) is 52.3 Å². The van der Waals surface area contributed by atoms with E-state index in [1.165, 1.54) is 15.6 Å². The van der Waals surface area contributed by atoms with Crippen molar-refractivity contribution in [3.8, 4) is 0 Å². The zero-order valence-corrected chi connectivity index (χ0v) is 17.1. The molecule has 5 heteroatoms. The molecule has 1 N–H and O–H groups in total. The molecule has 134 valence electrons. The smallest absolute Gasteiger partial charge is 0.240 e. The average Bonchev–Trinajstić information content (AvgIpc) is 3.07. The maximum atomic E-state index is 12.9. The normalized spacial score (nSPS) is 20.1. The number of rotatable bonds is 5. The van der Waals surface area contributed by atoms with Gasteiger partial charge in [0.25, 0.3) is 0 Å². The summed E-state index contributed by atoms with van der Waals surface area (Å²) in [7, 11) is 0. The van der Waals surface area contributed by atoms with E-state index in [-0.39, 0.29) is 5.91 Å². The highest BCUT2D eigenvalue weighted by atomic mass is 79.9. The maximum absolute atomic E-state index is 12.9. The average molecular weight is 429 g/mol. The highest BCUT2D eigenvalue weighted by Crippen LogP contribution is 2.35. The molecule has 1 saturated heterocycles. The van der Waals surface area contributed by atoms with Crippen molar-refractivity contribution in [1.82, 2.24) is 10.2 Å². The highest BCUT2D eigenvalue weighted by molar-refractivity contribution is 9.10. The zero-order chi connectivity index (χ0) is 18.1. The van der Waals surface area contributed by atoms with Crippen molar-refractivity contribution in [2.75, 3.05) is 6.54 Å². The first-order valence-corrected chi connectivity index (χ1v) is 10.5. The van der Waals surface area contributed by atoms with E-state index in [0.717, 1.165) is 29.5 Å². The number of carbonyl (C=O) groups excluding carboxylic acids is 1. The van der Waals surface area contributed by atoms with Crippen LogP contribution >= 0.6 is 27.3 Å². The Morgan fingerprint density at radius 1 is 1.19 bits per heavy atom. The number of amides is 1. The standard InChI is InChI=1S/C21H21BrN2OS/c1-21(20(25)23-12-15-6-2-4-8-18(15)22)10-11-24(21)13-16-14-26-19-9-5-3-7-17(16)19/h2-9,14H,10-13H2,1H3,(H,23,25). The van der Waals surface area contributed by atoms with Gasteiger partial charge in [0.1, 0.15) is 0 Å². The molecule has 26 heavy (non-hydrogen) atoms. The lowest BCUT2D eigenvalue weighted by Gasteiger charge is -2.49. The lowest BCUT2D eigenvalue weighted by molar-refractivity contribution is -0.142. The molecule has 1 aliphatic rings. The largest absolute Gasteiger partial charge is 0.350 e. The minimum atomic E-state index is -0.426. The van der Waals surface area contributed by atoms with Gasteiger partial charge < -0.3 is 5.32 Å². The predicted octanol–water partition coefficient (Wildman–Crippen LogP) is 4.94. The number of nitrogens with zero attached hydrogens (tertiary/aromatic N) is 1. The fourth-order valence-electron chi connectivity index (χ4n) is 3.48. The fraction of sp³-hybridized carbons (Fsp3) is 0.286. The van der Waals surface area contributed by atoms with Crippen LogP contribution in [0.15, 0.2) is 58.4 Å². The molecule has 1 aromatic heterocycles. The molecule has 0 saturated carbocycles. The topological polar surface area (TPSA) is 32.3 Å². The van der Waals surface area contributed by atoms with Gasteiger partial charge in [-0.05, 0) is 47.4 Å². The Morgan fingerprint density at radius 2 is 1.96 bits per heavy atom. The summed E-state index contributed by atoms with van der Waals surface area (Å²) < 4.78 is 2.34. The summed E-state index contributed by atoms with van der Waals surface area (Å²) in [4.78, 5) is 15.2. The molecule has 0 spiro atoms. The first-order valence-electron chi connectivity index (χ1n) is 8.80. The van der Waals surface area contributed by atoms with Crippen molar-refractivity contribution < 1.29 is 4.79 Å². The van der Waals surface area contributed by atoms with Crippen LogP contribution in [0.5, 0.6) is 0 Å². The van der Waals surface area contributed by atoms with E-state index in [1.54, 1.807) is 11.3 Å². The van der Waals surface area contributed by atoms with Gasteiger partial charge in [-0.25, -0.2) is 0 Å². The lowest BCUT2D eigenvalue weighted by atomic mass is 9.85. The van der Waals surface area contributed by atoms with E-state index in [2.05, 4.69) is 62.7 Å². The van der Waals surface area contributed by atoms with Gasteiger partial charge in [0.2, 0.25) is 5.91 Å². The molecule has 2 aromatic carbocycles. The summed E-state index contributed by atoms with van der Waals surface area (Å²) in [6.07, 6.45) is 0.900. The lowest BCUT2D eigenvalue weighted by Crippen LogP contribution is -2.65. The summed E-state index contributed by atoms with van der Waals surface area (Å²) in [6.45, 7) is 4.39. The molecule has 0 radical (unpaired) electrons. The number of benzene rings is 2. The van der Waals surface area contributed by atoms with E-state index in [4.69, 9.17) is 0 Å². The molecule has 3 nitrogen and oxygen atoms in total. The van der Waals surface area contributed by atoms with Gasteiger partial charge in [0, 0.05) is 28.8 Å². The highest BCUT2D eigenvalue weighted by Gasteiger charge is 2.46. The van der Waals surface area contributed by atoms with Crippen molar-refractivity contribution in [3.05, 3.63) is 69.5 Å². The van der Waals surface area contributed by atoms with Crippen LogP contribution < -0.4 is 5.32 Å². The van der Waals surface area contributed by atoms with Crippen molar-refractivity contribution in [1.29, 1.82) is 0 Å². The van der Waals surface area contributed by atoms with Gasteiger partial charge in [0.15, 0.2) is 0 Å². The second-order valence-electron chi connectivity index (χ2n) is 6.98. The summed E-state index contributed by atoms with van der Waals surface area (Å²) in [5.74, 6) is 0.110. The van der Waals surface area contributed by atoms with Gasteiger partial charge in [-0.2, -0.15) is 0 Å². The number of nitrogens with one attached hydrogen (secondary N) is 1. The minimum absolute atomic E-state index is 0.110. The van der Waals surface area contributed by atoms with E-state index >= 15 is 0 Å². The summed E-state index contributed by atoms with van der Waals surface area (Å²) in [6, 6.07) is 16.5. The zero-order valence-electron chi connectivity index (χ0n) is 14.7. The Balaban J connectivity index is 1.44. The van der Waals surface area contributed by atoms with Gasteiger partial charge in [0.05, 0.1) is 5.54 Å². The Morgan fingerprint density at radius 3 is 2.73 bits per heavy atom.